The van der Waals surface area contributed by atoms with Crippen molar-refractivity contribution in [1.82, 2.24) is 5.43 Å². The van der Waals surface area contributed by atoms with Gasteiger partial charge in [0.05, 0.1) is 9.39 Å². The van der Waals surface area contributed by atoms with Crippen LogP contribution < -0.4 is 11.3 Å². The Bertz CT molecular complexity index is 419. The van der Waals surface area contributed by atoms with E-state index in [-0.39, 0.29) is 11.6 Å². The summed E-state index contributed by atoms with van der Waals surface area (Å²) in [6, 6.07) is 2.44. The molecule has 2 fully saturated rings. The Balaban J connectivity index is 1.75. The predicted octanol–water partition coefficient (Wildman–Crippen LogP) is 3.36. The summed E-state index contributed by atoms with van der Waals surface area (Å²) in [4.78, 5) is 0. The Kier molecular flexibility index (Phi) is 3.78. The van der Waals surface area contributed by atoms with Crippen LogP contribution in [0, 0.1) is 5.92 Å². The lowest BCUT2D eigenvalue weighted by Crippen LogP contribution is -2.48. The van der Waals surface area contributed by atoms with Crippen molar-refractivity contribution in [2.75, 3.05) is 6.61 Å². The van der Waals surface area contributed by atoms with Crippen LogP contribution in [0.2, 0.25) is 0 Å². The molecular weight excluding hydrogens is 312 g/mol. The summed E-state index contributed by atoms with van der Waals surface area (Å²) in [5.41, 5.74) is 4.51. The number of hydrogen-bond acceptors (Lipinski definition) is 4. The standard InChI is InChI=1S/C13H19BrN2OS/c14-11-6-10(8-18-11)12(16-15)9-2-5-17-13(7-9)3-1-4-13/h6,8-9,12,16H,1-5,7,15H2. The van der Waals surface area contributed by atoms with Crippen LogP contribution in [0.3, 0.4) is 0 Å². The highest BCUT2D eigenvalue weighted by atomic mass is 79.9. The van der Waals surface area contributed by atoms with Gasteiger partial charge in [0.1, 0.15) is 0 Å². The lowest BCUT2D eigenvalue weighted by atomic mass is 9.70. The number of thiophene rings is 1. The molecule has 2 aliphatic rings. The third-order valence-electron chi connectivity index (χ3n) is 4.39. The van der Waals surface area contributed by atoms with Crippen LogP contribution in [0.4, 0.5) is 0 Å². The van der Waals surface area contributed by atoms with Crippen LogP contribution in [-0.4, -0.2) is 12.2 Å². The van der Waals surface area contributed by atoms with Gasteiger partial charge in [-0.15, -0.1) is 11.3 Å². The summed E-state index contributed by atoms with van der Waals surface area (Å²) in [6.45, 7) is 0.883. The summed E-state index contributed by atoms with van der Waals surface area (Å²) < 4.78 is 7.16. The molecule has 2 atom stereocenters. The van der Waals surface area contributed by atoms with Crippen molar-refractivity contribution in [3.63, 3.8) is 0 Å². The summed E-state index contributed by atoms with van der Waals surface area (Å²) in [5, 5.41) is 2.19. The lowest BCUT2D eigenvalue weighted by Gasteiger charge is -2.48. The van der Waals surface area contributed by atoms with Gasteiger partial charge >= 0.3 is 0 Å². The quantitative estimate of drug-likeness (QED) is 0.659. The molecule has 5 heteroatoms. The summed E-state index contributed by atoms with van der Waals surface area (Å²) >= 11 is 5.25. The van der Waals surface area contributed by atoms with Crippen molar-refractivity contribution in [3.8, 4) is 0 Å². The van der Waals surface area contributed by atoms with Gasteiger partial charge in [0.15, 0.2) is 0 Å². The van der Waals surface area contributed by atoms with Crippen LogP contribution in [0.1, 0.15) is 43.7 Å². The second-order valence-electron chi connectivity index (χ2n) is 5.47. The van der Waals surface area contributed by atoms with E-state index in [9.17, 15) is 0 Å². The maximum absolute atomic E-state index is 5.99. The first-order chi connectivity index (χ1) is 8.72. The second kappa shape index (κ2) is 5.21. The van der Waals surface area contributed by atoms with Gasteiger partial charge in [0.25, 0.3) is 0 Å². The van der Waals surface area contributed by atoms with E-state index in [1.807, 2.05) is 0 Å². The van der Waals surface area contributed by atoms with E-state index < -0.39 is 0 Å². The summed E-state index contributed by atoms with van der Waals surface area (Å²) in [5.74, 6) is 6.38. The van der Waals surface area contributed by atoms with Gasteiger partial charge in [0.2, 0.25) is 0 Å². The molecule has 1 aliphatic carbocycles. The highest BCUT2D eigenvalue weighted by Gasteiger charge is 2.44. The van der Waals surface area contributed by atoms with Gasteiger partial charge in [-0.05, 0) is 71.0 Å². The molecule has 2 unspecified atom stereocenters. The molecule has 18 heavy (non-hydrogen) atoms. The molecule has 2 heterocycles. The van der Waals surface area contributed by atoms with E-state index in [1.165, 1.54) is 28.6 Å². The lowest BCUT2D eigenvalue weighted by molar-refractivity contribution is -0.147. The Labute approximate surface area is 120 Å². The molecule has 100 valence electrons. The van der Waals surface area contributed by atoms with Crippen LogP contribution in [0.25, 0.3) is 0 Å². The fraction of sp³-hybridized carbons (Fsp3) is 0.692. The fourth-order valence-corrected chi connectivity index (χ4v) is 4.47. The van der Waals surface area contributed by atoms with E-state index in [4.69, 9.17) is 10.6 Å². The second-order valence-corrected chi connectivity index (χ2v) is 7.76. The average molecular weight is 331 g/mol. The van der Waals surface area contributed by atoms with Crippen molar-refractivity contribution < 1.29 is 4.74 Å². The molecule has 0 amide bonds. The third-order valence-corrected chi connectivity index (χ3v) is 5.92. The van der Waals surface area contributed by atoms with Crippen molar-refractivity contribution in [2.45, 2.75) is 43.7 Å². The molecule has 1 saturated carbocycles. The Morgan fingerprint density at radius 3 is 2.94 bits per heavy atom. The topological polar surface area (TPSA) is 47.3 Å². The maximum Gasteiger partial charge on any atom is 0.0701 e. The molecule has 0 radical (unpaired) electrons. The summed E-state index contributed by atoms with van der Waals surface area (Å²) in [7, 11) is 0. The van der Waals surface area contributed by atoms with Gasteiger partial charge in [-0.3, -0.25) is 11.3 Å². The number of hydrogen-bond donors (Lipinski definition) is 2. The minimum absolute atomic E-state index is 0.186. The molecule has 1 aliphatic heterocycles. The highest BCUT2D eigenvalue weighted by molar-refractivity contribution is 9.11. The minimum atomic E-state index is 0.186. The zero-order valence-electron chi connectivity index (χ0n) is 10.3. The van der Waals surface area contributed by atoms with Gasteiger partial charge in [-0.2, -0.15) is 0 Å². The zero-order chi connectivity index (χ0) is 12.6. The Morgan fingerprint density at radius 2 is 2.39 bits per heavy atom. The van der Waals surface area contributed by atoms with E-state index in [2.05, 4.69) is 32.8 Å². The normalized spacial score (nSPS) is 28.0. The van der Waals surface area contributed by atoms with Gasteiger partial charge in [0, 0.05) is 12.6 Å². The van der Waals surface area contributed by atoms with Crippen molar-refractivity contribution in [2.24, 2.45) is 11.8 Å². The first-order valence-corrected chi connectivity index (χ1v) is 8.24. The van der Waals surface area contributed by atoms with Gasteiger partial charge < -0.3 is 4.74 Å². The van der Waals surface area contributed by atoms with E-state index in [0.29, 0.717) is 5.92 Å². The molecular formula is C13H19BrN2OS. The molecule has 3 nitrogen and oxygen atoms in total. The van der Waals surface area contributed by atoms with E-state index in [0.717, 1.165) is 19.4 Å². The van der Waals surface area contributed by atoms with Crippen molar-refractivity contribution >= 4 is 27.3 Å². The number of nitrogens with two attached hydrogens (primary N) is 1. The monoisotopic (exact) mass is 330 g/mol. The number of rotatable bonds is 3. The molecule has 3 rings (SSSR count). The van der Waals surface area contributed by atoms with Crippen molar-refractivity contribution in [1.29, 1.82) is 0 Å². The van der Waals surface area contributed by atoms with Gasteiger partial charge in [-0.1, -0.05) is 0 Å². The van der Waals surface area contributed by atoms with E-state index >= 15 is 0 Å². The fourth-order valence-electron chi connectivity index (χ4n) is 3.26. The van der Waals surface area contributed by atoms with Crippen LogP contribution in [-0.2, 0) is 4.74 Å². The largest absolute Gasteiger partial charge is 0.375 e. The molecule has 1 aromatic rings. The highest BCUT2D eigenvalue weighted by Crippen LogP contribution is 2.47. The molecule has 1 aromatic heterocycles. The first-order valence-electron chi connectivity index (χ1n) is 6.56. The first kappa shape index (κ1) is 13.1. The number of ether oxygens (including phenoxy) is 1. The van der Waals surface area contributed by atoms with Gasteiger partial charge in [-0.25, -0.2) is 0 Å². The molecule has 3 N–H and O–H groups in total. The maximum atomic E-state index is 5.99. The van der Waals surface area contributed by atoms with Crippen LogP contribution in [0.15, 0.2) is 15.2 Å². The molecule has 0 aromatic carbocycles. The SMILES string of the molecule is NNC(c1csc(Br)c1)C1CCOC2(CCC2)C1. The number of hydrazine groups is 1. The Morgan fingerprint density at radius 1 is 1.56 bits per heavy atom. The number of nitrogens with one attached hydrogen (secondary N) is 1. The van der Waals surface area contributed by atoms with Crippen LogP contribution in [0.5, 0.6) is 0 Å². The smallest absolute Gasteiger partial charge is 0.0701 e. The molecule has 1 spiro atoms. The minimum Gasteiger partial charge on any atom is -0.375 e. The van der Waals surface area contributed by atoms with Crippen LogP contribution >= 0.6 is 27.3 Å². The van der Waals surface area contributed by atoms with E-state index in [1.54, 1.807) is 11.3 Å². The Hall–Kier alpha value is 0.0600. The molecule has 1 saturated heterocycles. The molecule has 0 bridgehead atoms. The van der Waals surface area contributed by atoms with Crippen molar-refractivity contribution in [3.05, 3.63) is 20.8 Å². The third kappa shape index (κ3) is 2.39. The average Bonchev–Trinajstić information content (AvgIpc) is 2.75. The summed E-state index contributed by atoms with van der Waals surface area (Å²) in [6.07, 6.45) is 6.03. The zero-order valence-corrected chi connectivity index (χ0v) is 12.7. The predicted molar refractivity (Wildman–Crippen MR) is 77.3 cm³/mol. The number of halogens is 1.